The van der Waals surface area contributed by atoms with Crippen molar-refractivity contribution < 1.29 is 4.42 Å². The molecule has 5 heteroatoms. The van der Waals surface area contributed by atoms with Gasteiger partial charge in [0.25, 0.3) is 0 Å². The van der Waals surface area contributed by atoms with E-state index in [0.717, 1.165) is 10.9 Å². The summed E-state index contributed by atoms with van der Waals surface area (Å²) in [5.41, 5.74) is 1.47. The van der Waals surface area contributed by atoms with Crippen molar-refractivity contribution in [3.63, 3.8) is 0 Å². The van der Waals surface area contributed by atoms with Crippen LogP contribution in [0, 0.1) is 0 Å². The Bertz CT molecular complexity index is 1000. The molecule has 4 rings (SSSR count). The second-order valence-electron chi connectivity index (χ2n) is 4.31. The van der Waals surface area contributed by atoms with Gasteiger partial charge in [0.05, 0.1) is 10.8 Å². The molecule has 0 aliphatic carbocycles. The van der Waals surface area contributed by atoms with Gasteiger partial charge < -0.3 is 9.40 Å². The molecule has 3 heterocycles. The molecule has 0 aliphatic heterocycles. The van der Waals surface area contributed by atoms with Crippen LogP contribution in [0.5, 0.6) is 0 Å². The monoisotopic (exact) mass is 270 g/mol. The van der Waals surface area contributed by atoms with Gasteiger partial charge >= 0.3 is 0 Å². The molecule has 0 amide bonds. The zero-order chi connectivity index (χ0) is 13.0. The maximum absolute atomic E-state index is 12.5. The van der Waals surface area contributed by atoms with Gasteiger partial charge in [-0.2, -0.15) is 0 Å². The van der Waals surface area contributed by atoms with Crippen LogP contribution in [-0.2, 0) is 0 Å². The number of pyridine rings is 1. The summed E-state index contributed by atoms with van der Waals surface area (Å²) in [5.74, 6) is 0. The highest BCUT2D eigenvalue weighted by atomic mass is 35.5. The first kappa shape index (κ1) is 10.6. The van der Waals surface area contributed by atoms with Crippen molar-refractivity contribution in [2.24, 2.45) is 0 Å². The molecule has 92 valence electrons. The molecule has 0 atom stereocenters. The third kappa shape index (κ3) is 1.40. The molecule has 3 aromatic heterocycles. The smallest absolute Gasteiger partial charge is 0.232 e. The van der Waals surface area contributed by atoms with Gasteiger partial charge in [0, 0.05) is 22.1 Å². The Labute approximate surface area is 111 Å². The minimum atomic E-state index is -0.0992. The van der Waals surface area contributed by atoms with E-state index in [1.807, 2.05) is 6.07 Å². The lowest BCUT2D eigenvalue weighted by Gasteiger charge is -1.95. The van der Waals surface area contributed by atoms with E-state index in [0.29, 0.717) is 27.2 Å². The summed E-state index contributed by atoms with van der Waals surface area (Å²) in [7, 11) is 0. The summed E-state index contributed by atoms with van der Waals surface area (Å²) in [6.07, 6.45) is 1.59. The Morgan fingerprint density at radius 2 is 2.11 bits per heavy atom. The first-order chi connectivity index (χ1) is 9.24. The van der Waals surface area contributed by atoms with Crippen LogP contribution in [0.15, 0.2) is 45.7 Å². The van der Waals surface area contributed by atoms with Crippen molar-refractivity contribution in [2.45, 2.75) is 0 Å². The second-order valence-corrected chi connectivity index (χ2v) is 4.74. The Balaban J connectivity index is 2.35. The van der Waals surface area contributed by atoms with Gasteiger partial charge in [0.15, 0.2) is 0 Å². The molecule has 4 aromatic rings. The zero-order valence-corrected chi connectivity index (χ0v) is 10.4. The van der Waals surface area contributed by atoms with E-state index >= 15 is 0 Å². The first-order valence-corrected chi connectivity index (χ1v) is 6.10. The van der Waals surface area contributed by atoms with E-state index in [2.05, 4.69) is 9.97 Å². The molecule has 0 fully saturated rings. The molecule has 1 N–H and O–H groups in total. The number of halogens is 1. The number of nitrogens with one attached hydrogen (secondary N) is 1. The molecule has 0 radical (unpaired) electrons. The lowest BCUT2D eigenvalue weighted by atomic mass is 10.1. The van der Waals surface area contributed by atoms with Gasteiger partial charge in [-0.3, -0.25) is 4.79 Å². The van der Waals surface area contributed by atoms with Crippen LogP contribution in [0.1, 0.15) is 0 Å². The van der Waals surface area contributed by atoms with Crippen LogP contribution in [-0.4, -0.2) is 9.97 Å². The van der Waals surface area contributed by atoms with Crippen LogP contribution in [0.25, 0.3) is 33.1 Å². The predicted octanol–water partition coefficient (Wildman–Crippen LogP) is 3.48. The summed E-state index contributed by atoms with van der Waals surface area (Å²) in [6, 6.07) is 8.77. The van der Waals surface area contributed by atoms with Crippen molar-refractivity contribution in [3.05, 3.63) is 51.8 Å². The molecule has 0 bridgehead atoms. The molecule has 0 saturated heterocycles. The Hall–Kier alpha value is -2.33. The summed E-state index contributed by atoms with van der Waals surface area (Å²) in [5, 5.41) is 2.33. The summed E-state index contributed by atoms with van der Waals surface area (Å²) >= 11 is 5.99. The van der Waals surface area contributed by atoms with Crippen LogP contribution in [0.2, 0.25) is 5.02 Å². The van der Waals surface area contributed by atoms with Crippen molar-refractivity contribution >= 4 is 44.7 Å². The lowest BCUT2D eigenvalue weighted by Crippen LogP contribution is -2.01. The second kappa shape index (κ2) is 3.59. The molecule has 0 saturated carbocycles. The third-order valence-electron chi connectivity index (χ3n) is 3.17. The maximum atomic E-state index is 12.5. The number of nitrogens with zero attached hydrogens (tertiary/aromatic N) is 1. The largest absolute Gasteiger partial charge is 0.421 e. The number of aromatic nitrogens is 2. The number of hydrogen-bond donors (Lipinski definition) is 1. The number of H-pyrrole nitrogens is 1. The van der Waals surface area contributed by atoms with E-state index in [1.165, 1.54) is 0 Å². The van der Waals surface area contributed by atoms with E-state index in [4.69, 9.17) is 16.0 Å². The predicted molar refractivity (Wildman–Crippen MR) is 74.7 cm³/mol. The van der Waals surface area contributed by atoms with Crippen LogP contribution in [0.4, 0.5) is 0 Å². The van der Waals surface area contributed by atoms with Crippen molar-refractivity contribution in [1.29, 1.82) is 0 Å². The van der Waals surface area contributed by atoms with Gasteiger partial charge in [-0.05, 0) is 30.3 Å². The molecule has 0 aliphatic rings. The fourth-order valence-electron chi connectivity index (χ4n) is 2.32. The zero-order valence-electron chi connectivity index (χ0n) is 9.61. The molecule has 4 nitrogen and oxygen atoms in total. The molecule has 19 heavy (non-hydrogen) atoms. The molecular weight excluding hydrogens is 264 g/mol. The van der Waals surface area contributed by atoms with Gasteiger partial charge in [0.2, 0.25) is 16.9 Å². The third-order valence-corrected chi connectivity index (χ3v) is 3.40. The summed E-state index contributed by atoms with van der Waals surface area (Å²) in [6.45, 7) is 0. The fraction of sp³-hybridized carbons (Fsp3) is 0. The average Bonchev–Trinajstić information content (AvgIpc) is 2.76. The number of hydrogen-bond acceptors (Lipinski definition) is 3. The topological polar surface area (TPSA) is 58.9 Å². The molecular formula is C14H7ClN2O2. The van der Waals surface area contributed by atoms with E-state index < -0.39 is 0 Å². The summed E-state index contributed by atoms with van der Waals surface area (Å²) < 4.78 is 5.64. The van der Waals surface area contributed by atoms with E-state index in [1.54, 1.807) is 30.5 Å². The van der Waals surface area contributed by atoms with Gasteiger partial charge in [-0.15, -0.1) is 0 Å². The minimum absolute atomic E-state index is 0.0992. The Kier molecular flexibility index (Phi) is 2.00. The Morgan fingerprint density at radius 1 is 1.21 bits per heavy atom. The number of fused-ring (bicyclic) bond motifs is 4. The number of benzene rings is 1. The van der Waals surface area contributed by atoms with E-state index in [-0.39, 0.29) is 5.43 Å². The van der Waals surface area contributed by atoms with Crippen LogP contribution < -0.4 is 5.43 Å². The van der Waals surface area contributed by atoms with Crippen LogP contribution >= 0.6 is 11.6 Å². The van der Waals surface area contributed by atoms with Gasteiger partial charge in [-0.25, -0.2) is 4.98 Å². The van der Waals surface area contributed by atoms with Crippen molar-refractivity contribution in [3.8, 4) is 0 Å². The molecule has 0 spiro atoms. The highest BCUT2D eigenvalue weighted by molar-refractivity contribution is 6.31. The maximum Gasteiger partial charge on any atom is 0.232 e. The average molecular weight is 271 g/mol. The number of rotatable bonds is 0. The normalized spacial score (nSPS) is 11.6. The van der Waals surface area contributed by atoms with Gasteiger partial charge in [0.1, 0.15) is 0 Å². The standard InChI is InChI=1S/C14H7ClN2O2/c15-7-3-4-10-9(6-7)11-12(18)8-2-1-5-16-13(8)19-14(11)17-10/h1-6,17H. The Morgan fingerprint density at radius 3 is 3.00 bits per heavy atom. The minimum Gasteiger partial charge on any atom is -0.421 e. The molecule has 0 unspecified atom stereocenters. The quantitative estimate of drug-likeness (QED) is 0.532. The molecule has 1 aromatic carbocycles. The highest BCUT2D eigenvalue weighted by Crippen LogP contribution is 2.27. The van der Waals surface area contributed by atoms with Gasteiger partial charge in [-0.1, -0.05) is 11.6 Å². The van der Waals surface area contributed by atoms with Crippen molar-refractivity contribution in [1.82, 2.24) is 9.97 Å². The highest BCUT2D eigenvalue weighted by Gasteiger charge is 2.13. The fourth-order valence-corrected chi connectivity index (χ4v) is 2.49. The van der Waals surface area contributed by atoms with E-state index in [9.17, 15) is 4.79 Å². The SMILES string of the molecule is O=c1c2cccnc2oc2[nH]c3ccc(Cl)cc3c12. The first-order valence-electron chi connectivity index (χ1n) is 5.73. The number of aromatic amines is 1. The van der Waals surface area contributed by atoms with Crippen molar-refractivity contribution in [2.75, 3.05) is 0 Å². The van der Waals surface area contributed by atoms with Crippen LogP contribution in [0.3, 0.4) is 0 Å². The lowest BCUT2D eigenvalue weighted by molar-refractivity contribution is 0.634. The summed E-state index contributed by atoms with van der Waals surface area (Å²) in [4.78, 5) is 19.7.